The molecule has 6 heteroatoms. The summed E-state index contributed by atoms with van der Waals surface area (Å²) in [4.78, 5) is 2.69. The van der Waals surface area contributed by atoms with Crippen LogP contribution in [0.25, 0.3) is 0 Å². The second-order valence-corrected chi connectivity index (χ2v) is 13.6. The molecule has 0 bridgehead atoms. The minimum absolute atomic E-state index is 0.0174. The summed E-state index contributed by atoms with van der Waals surface area (Å²) in [5.74, 6) is 0.321. The largest absolute Gasteiger partial charge is 0.299 e. The van der Waals surface area contributed by atoms with Crippen molar-refractivity contribution >= 4 is 15.7 Å². The first-order valence-corrected chi connectivity index (χ1v) is 17.1. The van der Waals surface area contributed by atoms with Gasteiger partial charge in [-0.15, -0.1) is 0 Å². The first-order valence-electron chi connectivity index (χ1n) is 15.6. The number of sulfonamides is 1. The number of halogens is 1. The molecule has 0 unspecified atom stereocenters. The highest BCUT2D eigenvalue weighted by Crippen LogP contribution is 2.30. The van der Waals surface area contributed by atoms with Crippen LogP contribution >= 0.6 is 0 Å². The molecule has 1 aliphatic heterocycles. The molecule has 0 amide bonds. The van der Waals surface area contributed by atoms with Gasteiger partial charge in [-0.2, -0.15) is 0 Å². The second kappa shape index (κ2) is 15.2. The maximum Gasteiger partial charge on any atom is 0.261 e. The maximum absolute atomic E-state index is 14.8. The van der Waals surface area contributed by atoms with Gasteiger partial charge in [0.15, 0.2) is 0 Å². The number of benzene rings is 2. The summed E-state index contributed by atoms with van der Waals surface area (Å²) in [7, 11) is -3.86. The lowest BCUT2D eigenvalue weighted by Gasteiger charge is -2.29. The van der Waals surface area contributed by atoms with Gasteiger partial charge in [-0.25, -0.2) is 12.8 Å². The van der Waals surface area contributed by atoms with E-state index in [1.807, 2.05) is 12.1 Å². The van der Waals surface area contributed by atoms with Gasteiger partial charge in [0.05, 0.1) is 10.6 Å². The normalized spacial score (nSPS) is 16.5. The van der Waals surface area contributed by atoms with Crippen molar-refractivity contribution in [2.24, 2.45) is 5.92 Å². The Morgan fingerprint density at radius 2 is 1.64 bits per heavy atom. The van der Waals surface area contributed by atoms with Crippen LogP contribution in [0.3, 0.4) is 0 Å². The first-order chi connectivity index (χ1) is 18.9. The van der Waals surface area contributed by atoms with E-state index in [2.05, 4.69) is 16.5 Å². The maximum atomic E-state index is 14.8. The Morgan fingerprint density at radius 3 is 2.38 bits per heavy atom. The molecule has 1 fully saturated rings. The highest BCUT2D eigenvalue weighted by molar-refractivity contribution is 7.92. The van der Waals surface area contributed by atoms with Crippen molar-refractivity contribution in [2.45, 2.75) is 121 Å². The zero-order chi connectivity index (χ0) is 27.5. The van der Waals surface area contributed by atoms with Crippen molar-refractivity contribution in [3.05, 3.63) is 58.9 Å². The average molecular weight is 557 g/mol. The fraction of sp³-hybridized carbons (Fsp3) is 0.636. The van der Waals surface area contributed by atoms with Gasteiger partial charge in [0, 0.05) is 13.1 Å². The van der Waals surface area contributed by atoms with Gasteiger partial charge in [-0.3, -0.25) is 9.62 Å². The van der Waals surface area contributed by atoms with Crippen LogP contribution in [0.5, 0.6) is 0 Å². The number of aryl methyl sites for hydroxylation is 1. The number of rotatable bonds is 16. The van der Waals surface area contributed by atoms with Crippen LogP contribution < -0.4 is 4.72 Å². The lowest BCUT2D eigenvalue weighted by molar-refractivity contribution is 0.247. The topological polar surface area (TPSA) is 49.4 Å². The summed E-state index contributed by atoms with van der Waals surface area (Å²) in [6.07, 6.45) is 19.9. The highest BCUT2D eigenvalue weighted by atomic mass is 32.2. The third kappa shape index (κ3) is 9.31. The summed E-state index contributed by atoms with van der Waals surface area (Å²) >= 11 is 0. The molecule has 2 aromatic rings. The standard InChI is InChI=1S/C33H49FN2O2S/c1-2-3-4-5-6-7-8-11-22-36-23-21-29-25-31(19-18-30(29)26-36)39(37,38)35-33-20-17-28(24-32(33)34)16-12-15-27-13-9-10-14-27/h17-20,24-25,27,35H,2-16,21-23,26H2,1H3. The average Bonchev–Trinajstić information content (AvgIpc) is 3.45. The summed E-state index contributed by atoms with van der Waals surface area (Å²) in [6, 6.07) is 10.3. The summed E-state index contributed by atoms with van der Waals surface area (Å²) < 4.78 is 43.5. The molecular formula is C33H49FN2O2S. The van der Waals surface area contributed by atoms with Gasteiger partial charge in [0.25, 0.3) is 10.0 Å². The summed E-state index contributed by atoms with van der Waals surface area (Å²) in [5.41, 5.74) is 3.23. The number of fused-ring (bicyclic) bond motifs is 1. The number of nitrogens with zero attached hydrogens (tertiary/aromatic N) is 1. The Labute approximate surface area is 236 Å². The summed E-state index contributed by atoms with van der Waals surface area (Å²) in [5, 5.41) is 0. The molecule has 0 saturated heterocycles. The van der Waals surface area contributed by atoms with Gasteiger partial charge in [0.1, 0.15) is 5.82 Å². The predicted octanol–water partition coefficient (Wildman–Crippen LogP) is 8.64. The molecule has 2 aromatic carbocycles. The third-order valence-electron chi connectivity index (χ3n) is 8.74. The van der Waals surface area contributed by atoms with Crippen molar-refractivity contribution in [3.63, 3.8) is 0 Å². The molecule has 1 N–H and O–H groups in total. The van der Waals surface area contributed by atoms with E-state index in [0.29, 0.717) is 0 Å². The van der Waals surface area contributed by atoms with Crippen molar-refractivity contribution < 1.29 is 12.8 Å². The molecule has 0 aromatic heterocycles. The predicted molar refractivity (Wildman–Crippen MR) is 160 cm³/mol. The van der Waals surface area contributed by atoms with Gasteiger partial charge in [-0.05, 0) is 79.1 Å². The van der Waals surface area contributed by atoms with E-state index in [0.717, 1.165) is 55.9 Å². The molecule has 4 nitrogen and oxygen atoms in total. The molecule has 0 spiro atoms. The first kappa shape index (κ1) is 30.0. The Bertz CT molecular complexity index is 1140. The summed E-state index contributed by atoms with van der Waals surface area (Å²) in [6.45, 7) is 5.19. The Balaban J connectivity index is 1.24. The smallest absolute Gasteiger partial charge is 0.261 e. The van der Waals surface area contributed by atoms with Gasteiger partial charge in [0.2, 0.25) is 0 Å². The number of anilines is 1. The molecule has 0 atom stereocenters. The third-order valence-corrected chi connectivity index (χ3v) is 10.1. The van der Waals surface area contributed by atoms with Crippen LogP contribution in [0.15, 0.2) is 41.3 Å². The zero-order valence-electron chi connectivity index (χ0n) is 24.0. The van der Waals surface area contributed by atoms with E-state index in [1.54, 1.807) is 18.2 Å². The molecule has 0 radical (unpaired) electrons. The van der Waals surface area contributed by atoms with Gasteiger partial charge < -0.3 is 0 Å². The van der Waals surface area contributed by atoms with E-state index in [4.69, 9.17) is 0 Å². The molecule has 2 aliphatic rings. The fourth-order valence-electron chi connectivity index (χ4n) is 6.31. The highest BCUT2D eigenvalue weighted by Gasteiger charge is 2.22. The van der Waals surface area contributed by atoms with Crippen LogP contribution in [-0.4, -0.2) is 26.4 Å². The second-order valence-electron chi connectivity index (χ2n) is 11.9. The van der Waals surface area contributed by atoms with Crippen LogP contribution in [0.1, 0.15) is 114 Å². The van der Waals surface area contributed by atoms with E-state index in [-0.39, 0.29) is 10.6 Å². The fourth-order valence-corrected chi connectivity index (χ4v) is 7.43. The minimum atomic E-state index is -3.86. The Morgan fingerprint density at radius 1 is 0.897 bits per heavy atom. The van der Waals surface area contributed by atoms with Crippen LogP contribution in [-0.2, 0) is 29.4 Å². The molecule has 39 heavy (non-hydrogen) atoms. The van der Waals surface area contributed by atoms with Crippen molar-refractivity contribution in [3.8, 4) is 0 Å². The Kier molecular flexibility index (Phi) is 11.7. The number of hydrogen-bond acceptors (Lipinski definition) is 3. The van der Waals surface area contributed by atoms with Crippen molar-refractivity contribution in [1.82, 2.24) is 4.90 Å². The number of unbranched alkanes of at least 4 members (excludes halogenated alkanes) is 7. The monoisotopic (exact) mass is 556 g/mol. The van der Waals surface area contributed by atoms with Gasteiger partial charge >= 0.3 is 0 Å². The van der Waals surface area contributed by atoms with Crippen LogP contribution in [0.2, 0.25) is 0 Å². The SMILES string of the molecule is CCCCCCCCCCN1CCc2cc(S(=O)(=O)Nc3ccc(CCCC4CCCC4)cc3F)ccc2C1. The molecule has 1 aliphatic carbocycles. The molecule has 1 heterocycles. The van der Waals surface area contributed by atoms with E-state index in [1.165, 1.54) is 95.1 Å². The van der Waals surface area contributed by atoms with E-state index in [9.17, 15) is 12.8 Å². The van der Waals surface area contributed by atoms with E-state index < -0.39 is 15.8 Å². The van der Waals surface area contributed by atoms with Gasteiger partial charge in [-0.1, -0.05) is 96.1 Å². The molecular weight excluding hydrogens is 507 g/mol. The zero-order valence-corrected chi connectivity index (χ0v) is 24.8. The van der Waals surface area contributed by atoms with Crippen molar-refractivity contribution in [1.29, 1.82) is 0 Å². The minimum Gasteiger partial charge on any atom is -0.299 e. The quantitative estimate of drug-likeness (QED) is 0.211. The van der Waals surface area contributed by atoms with E-state index >= 15 is 0 Å². The van der Waals surface area contributed by atoms with Crippen molar-refractivity contribution in [2.75, 3.05) is 17.8 Å². The van der Waals surface area contributed by atoms with Crippen LogP contribution in [0.4, 0.5) is 10.1 Å². The Hall–Kier alpha value is -1.92. The molecule has 1 saturated carbocycles. The number of hydrogen-bond donors (Lipinski definition) is 1. The number of nitrogens with one attached hydrogen (secondary N) is 1. The molecule has 4 rings (SSSR count). The lowest BCUT2D eigenvalue weighted by Crippen LogP contribution is -2.31. The van der Waals surface area contributed by atoms with Crippen LogP contribution in [0, 0.1) is 11.7 Å². The molecule has 216 valence electrons. The lowest BCUT2D eigenvalue weighted by atomic mass is 9.98.